The van der Waals surface area contributed by atoms with E-state index in [1.54, 1.807) is 10.9 Å². The molecule has 25 heavy (non-hydrogen) atoms. The van der Waals surface area contributed by atoms with Crippen LogP contribution in [0.3, 0.4) is 0 Å². The summed E-state index contributed by atoms with van der Waals surface area (Å²) in [6.45, 7) is 4.40. The fraction of sp³-hybridized carbons (Fsp3) is 0.200. The van der Waals surface area contributed by atoms with E-state index in [4.69, 9.17) is 9.57 Å². The molecule has 2 aromatic carbocycles. The fourth-order valence-corrected chi connectivity index (χ4v) is 2.41. The summed E-state index contributed by atoms with van der Waals surface area (Å²) in [4.78, 5) is 5.41. The SMILES string of the molecule is Cc1ccc(CO/N=C\c2c(C)nn(C)c2Oc2ccccc2)cc1. The van der Waals surface area contributed by atoms with Gasteiger partial charge < -0.3 is 9.57 Å². The van der Waals surface area contributed by atoms with E-state index < -0.39 is 0 Å². The number of rotatable bonds is 6. The van der Waals surface area contributed by atoms with Crippen molar-refractivity contribution in [1.82, 2.24) is 9.78 Å². The Bertz CT molecular complexity index is 853. The van der Waals surface area contributed by atoms with E-state index in [9.17, 15) is 0 Å². The summed E-state index contributed by atoms with van der Waals surface area (Å²) in [5.74, 6) is 1.38. The van der Waals surface area contributed by atoms with Crippen molar-refractivity contribution < 1.29 is 9.57 Å². The van der Waals surface area contributed by atoms with Gasteiger partial charge in [-0.25, -0.2) is 4.68 Å². The molecule has 0 amide bonds. The Morgan fingerprint density at radius 3 is 2.48 bits per heavy atom. The van der Waals surface area contributed by atoms with Gasteiger partial charge in [0.15, 0.2) is 0 Å². The van der Waals surface area contributed by atoms with E-state index >= 15 is 0 Å². The molecule has 0 N–H and O–H groups in total. The Balaban J connectivity index is 1.70. The van der Waals surface area contributed by atoms with Crippen LogP contribution in [-0.2, 0) is 18.5 Å². The summed E-state index contributed by atoms with van der Waals surface area (Å²) >= 11 is 0. The molecule has 0 spiro atoms. The number of benzene rings is 2. The highest BCUT2D eigenvalue weighted by Gasteiger charge is 2.14. The summed E-state index contributed by atoms with van der Waals surface area (Å²) in [6.07, 6.45) is 1.65. The number of aromatic nitrogens is 2. The maximum absolute atomic E-state index is 5.94. The number of hydrogen-bond acceptors (Lipinski definition) is 4. The Hall–Kier alpha value is -3.08. The Morgan fingerprint density at radius 2 is 1.76 bits per heavy atom. The molecule has 1 aromatic heterocycles. The maximum Gasteiger partial charge on any atom is 0.226 e. The lowest BCUT2D eigenvalue weighted by Crippen LogP contribution is -1.97. The molecule has 0 atom stereocenters. The normalized spacial score (nSPS) is 11.0. The number of hydrogen-bond donors (Lipinski definition) is 0. The van der Waals surface area contributed by atoms with Crippen LogP contribution in [0.5, 0.6) is 11.6 Å². The third-order valence-electron chi connectivity index (χ3n) is 3.78. The molecular formula is C20H21N3O2. The molecule has 0 saturated carbocycles. The largest absolute Gasteiger partial charge is 0.439 e. The van der Waals surface area contributed by atoms with E-state index in [-0.39, 0.29) is 0 Å². The number of ether oxygens (including phenoxy) is 1. The van der Waals surface area contributed by atoms with Gasteiger partial charge in [-0.1, -0.05) is 53.2 Å². The molecule has 0 aliphatic carbocycles. The molecule has 1 heterocycles. The molecule has 3 rings (SSSR count). The summed E-state index contributed by atoms with van der Waals surface area (Å²) in [5.41, 5.74) is 3.93. The first kappa shape index (κ1) is 16.8. The number of para-hydroxylation sites is 1. The average molecular weight is 335 g/mol. The van der Waals surface area contributed by atoms with Gasteiger partial charge in [0.2, 0.25) is 5.88 Å². The molecular weight excluding hydrogens is 314 g/mol. The zero-order valence-electron chi connectivity index (χ0n) is 14.6. The fourth-order valence-electron chi connectivity index (χ4n) is 2.41. The first-order chi connectivity index (χ1) is 12.1. The van der Waals surface area contributed by atoms with Gasteiger partial charge in [0.25, 0.3) is 0 Å². The van der Waals surface area contributed by atoms with Gasteiger partial charge >= 0.3 is 0 Å². The first-order valence-electron chi connectivity index (χ1n) is 8.11. The highest BCUT2D eigenvalue weighted by molar-refractivity contribution is 5.84. The third-order valence-corrected chi connectivity index (χ3v) is 3.78. The van der Waals surface area contributed by atoms with Gasteiger partial charge in [-0.2, -0.15) is 5.10 Å². The summed E-state index contributed by atoms with van der Waals surface area (Å²) in [7, 11) is 1.84. The average Bonchev–Trinajstić information content (AvgIpc) is 2.88. The van der Waals surface area contributed by atoms with Gasteiger partial charge in [0.1, 0.15) is 12.4 Å². The summed E-state index contributed by atoms with van der Waals surface area (Å²) in [6, 6.07) is 17.8. The number of aryl methyl sites for hydroxylation is 3. The molecule has 0 aliphatic heterocycles. The standard InChI is InChI=1S/C20H21N3O2/c1-15-9-11-17(12-10-15)14-24-21-13-19-16(2)22-23(3)20(19)25-18-7-5-4-6-8-18/h4-13H,14H2,1-3H3/b21-13-. The smallest absolute Gasteiger partial charge is 0.226 e. The number of nitrogens with zero attached hydrogens (tertiary/aromatic N) is 3. The first-order valence-corrected chi connectivity index (χ1v) is 8.11. The highest BCUT2D eigenvalue weighted by Crippen LogP contribution is 2.25. The quantitative estimate of drug-likeness (QED) is 0.496. The van der Waals surface area contributed by atoms with Crippen LogP contribution >= 0.6 is 0 Å². The Morgan fingerprint density at radius 1 is 1.04 bits per heavy atom. The van der Waals surface area contributed by atoms with E-state index in [0.29, 0.717) is 12.5 Å². The van der Waals surface area contributed by atoms with Crippen molar-refractivity contribution in [2.24, 2.45) is 12.2 Å². The van der Waals surface area contributed by atoms with E-state index in [1.165, 1.54) is 5.56 Å². The molecule has 0 aliphatic rings. The second-order valence-corrected chi connectivity index (χ2v) is 5.84. The summed E-state index contributed by atoms with van der Waals surface area (Å²) < 4.78 is 7.64. The molecule has 0 saturated heterocycles. The molecule has 5 heteroatoms. The van der Waals surface area contributed by atoms with Crippen LogP contribution < -0.4 is 4.74 Å². The predicted molar refractivity (Wildman–Crippen MR) is 98.0 cm³/mol. The van der Waals surface area contributed by atoms with Crippen molar-refractivity contribution in [1.29, 1.82) is 0 Å². The van der Waals surface area contributed by atoms with Crippen LogP contribution in [0.25, 0.3) is 0 Å². The molecule has 0 radical (unpaired) electrons. The van der Waals surface area contributed by atoms with E-state index in [1.807, 2.05) is 56.4 Å². The Labute approximate surface area is 147 Å². The van der Waals surface area contributed by atoms with Crippen LogP contribution in [0.2, 0.25) is 0 Å². The second kappa shape index (κ2) is 7.66. The van der Waals surface area contributed by atoms with Gasteiger partial charge in [-0.3, -0.25) is 0 Å². The zero-order chi connectivity index (χ0) is 17.6. The third kappa shape index (κ3) is 4.26. The van der Waals surface area contributed by atoms with Gasteiger partial charge in [0.05, 0.1) is 17.5 Å². The topological polar surface area (TPSA) is 48.6 Å². The molecule has 0 fully saturated rings. The molecule has 0 unspecified atom stereocenters. The highest BCUT2D eigenvalue weighted by atomic mass is 16.6. The lowest BCUT2D eigenvalue weighted by molar-refractivity contribution is 0.132. The van der Waals surface area contributed by atoms with Gasteiger partial charge in [-0.15, -0.1) is 0 Å². The Kier molecular flexibility index (Phi) is 5.14. The minimum atomic E-state index is 0.422. The van der Waals surface area contributed by atoms with E-state index in [0.717, 1.165) is 22.6 Å². The molecule has 3 aromatic rings. The van der Waals surface area contributed by atoms with Crippen LogP contribution in [0.4, 0.5) is 0 Å². The second-order valence-electron chi connectivity index (χ2n) is 5.84. The molecule has 5 nitrogen and oxygen atoms in total. The lowest BCUT2D eigenvalue weighted by Gasteiger charge is -2.06. The van der Waals surface area contributed by atoms with Crippen molar-refractivity contribution >= 4 is 6.21 Å². The zero-order valence-corrected chi connectivity index (χ0v) is 14.6. The van der Waals surface area contributed by atoms with Crippen molar-refractivity contribution in [3.05, 3.63) is 77.0 Å². The predicted octanol–water partition coefficient (Wildman–Crippen LogP) is 4.38. The van der Waals surface area contributed by atoms with Gasteiger partial charge in [-0.05, 0) is 31.5 Å². The summed E-state index contributed by atoms with van der Waals surface area (Å²) in [5, 5.41) is 8.48. The minimum Gasteiger partial charge on any atom is -0.439 e. The van der Waals surface area contributed by atoms with Crippen LogP contribution in [0, 0.1) is 13.8 Å². The van der Waals surface area contributed by atoms with Crippen molar-refractivity contribution in [2.45, 2.75) is 20.5 Å². The van der Waals surface area contributed by atoms with Crippen LogP contribution in [-0.4, -0.2) is 16.0 Å². The van der Waals surface area contributed by atoms with Crippen molar-refractivity contribution in [3.63, 3.8) is 0 Å². The molecule has 128 valence electrons. The lowest BCUT2D eigenvalue weighted by atomic mass is 10.2. The van der Waals surface area contributed by atoms with E-state index in [2.05, 4.69) is 29.3 Å². The minimum absolute atomic E-state index is 0.422. The number of oxime groups is 1. The van der Waals surface area contributed by atoms with Crippen LogP contribution in [0.15, 0.2) is 59.8 Å². The maximum atomic E-state index is 5.94. The van der Waals surface area contributed by atoms with Crippen molar-refractivity contribution in [2.75, 3.05) is 0 Å². The molecule has 0 bridgehead atoms. The van der Waals surface area contributed by atoms with Crippen LogP contribution in [0.1, 0.15) is 22.4 Å². The van der Waals surface area contributed by atoms with Gasteiger partial charge in [0, 0.05) is 7.05 Å². The van der Waals surface area contributed by atoms with Crippen molar-refractivity contribution in [3.8, 4) is 11.6 Å². The monoisotopic (exact) mass is 335 g/mol.